The molecule has 2 atom stereocenters. The molecule has 1 fully saturated rings. The van der Waals surface area contributed by atoms with Gasteiger partial charge in [-0.15, -0.1) is 0 Å². The molecule has 1 aliphatic rings. The van der Waals surface area contributed by atoms with E-state index in [4.69, 9.17) is 4.74 Å². The zero-order chi connectivity index (χ0) is 18.1. The van der Waals surface area contributed by atoms with Gasteiger partial charge in [0.1, 0.15) is 17.4 Å². The Bertz CT molecular complexity index is 645. The van der Waals surface area contributed by atoms with E-state index in [-0.39, 0.29) is 18.0 Å². The van der Waals surface area contributed by atoms with E-state index in [0.717, 1.165) is 6.07 Å². The fourth-order valence-electron chi connectivity index (χ4n) is 3.09. The van der Waals surface area contributed by atoms with E-state index in [9.17, 15) is 18.4 Å². The van der Waals surface area contributed by atoms with Crippen LogP contribution in [0, 0.1) is 17.6 Å². The van der Waals surface area contributed by atoms with E-state index in [0.29, 0.717) is 13.1 Å². The smallest absolute Gasteiger partial charge is 0.310 e. The van der Waals surface area contributed by atoms with Gasteiger partial charge >= 0.3 is 5.97 Å². The summed E-state index contributed by atoms with van der Waals surface area (Å²) in [6.07, 6.45) is 0. The molecule has 0 amide bonds. The van der Waals surface area contributed by atoms with Crippen LogP contribution in [0.15, 0.2) is 18.2 Å². The first-order valence-corrected chi connectivity index (χ1v) is 8.06. The highest BCUT2D eigenvalue weighted by Gasteiger charge is 2.46. The number of benzene rings is 1. The number of ketones is 1. The normalized spacial score (nSPS) is 21.8. The predicted octanol–water partition coefficient (Wildman–Crippen LogP) is 2.91. The van der Waals surface area contributed by atoms with Gasteiger partial charge in [0.25, 0.3) is 0 Å². The minimum atomic E-state index is -0.768. The van der Waals surface area contributed by atoms with Gasteiger partial charge in [-0.25, -0.2) is 8.78 Å². The van der Waals surface area contributed by atoms with Crippen LogP contribution in [0.1, 0.15) is 39.2 Å². The zero-order valence-electron chi connectivity index (χ0n) is 14.4. The number of hydrogen-bond acceptors (Lipinski definition) is 4. The molecule has 0 N–H and O–H groups in total. The Morgan fingerprint density at radius 1 is 1.29 bits per heavy atom. The summed E-state index contributed by atoms with van der Waals surface area (Å²) in [6, 6.07) is 3.36. The molecule has 0 unspecified atom stereocenters. The summed E-state index contributed by atoms with van der Waals surface area (Å²) in [5.41, 5.74) is -0.493. The molecule has 0 aromatic heterocycles. The first-order valence-electron chi connectivity index (χ1n) is 8.06. The second-order valence-corrected chi connectivity index (χ2v) is 6.65. The van der Waals surface area contributed by atoms with Gasteiger partial charge in [0.05, 0.1) is 18.1 Å². The highest BCUT2D eigenvalue weighted by atomic mass is 19.1. The minimum absolute atomic E-state index is 0.0367. The molecule has 1 saturated heterocycles. The lowest BCUT2D eigenvalue weighted by Gasteiger charge is -2.33. The molecular weight excluding hydrogens is 316 g/mol. The number of esters is 1. The maximum Gasteiger partial charge on any atom is 0.310 e. The zero-order valence-corrected chi connectivity index (χ0v) is 14.4. The second kappa shape index (κ2) is 6.97. The van der Waals surface area contributed by atoms with Crippen molar-refractivity contribution in [3.8, 4) is 0 Å². The van der Waals surface area contributed by atoms with Gasteiger partial charge in [-0.05, 0) is 39.3 Å². The first-order chi connectivity index (χ1) is 11.2. The molecule has 132 valence electrons. The van der Waals surface area contributed by atoms with Crippen molar-refractivity contribution in [1.82, 2.24) is 4.90 Å². The Morgan fingerprint density at radius 2 is 1.96 bits per heavy atom. The number of carbonyl (C=O) groups excluding carboxylic acids is 2. The Balaban J connectivity index is 2.38. The van der Waals surface area contributed by atoms with E-state index in [1.165, 1.54) is 19.1 Å². The number of likely N-dealkylation sites (tertiary alicyclic amines) is 1. The van der Waals surface area contributed by atoms with Gasteiger partial charge in [-0.3, -0.25) is 14.5 Å². The SMILES string of the molecule is CCOC(=O)[C@@H]1CN(C(C)(C)C(C)=O)C[C@H]1c1ccc(F)cc1F. The van der Waals surface area contributed by atoms with Gasteiger partial charge in [0, 0.05) is 25.1 Å². The number of rotatable bonds is 5. The maximum absolute atomic E-state index is 14.2. The van der Waals surface area contributed by atoms with E-state index in [1.54, 1.807) is 20.8 Å². The average molecular weight is 339 g/mol. The average Bonchev–Trinajstić information content (AvgIpc) is 2.93. The van der Waals surface area contributed by atoms with Gasteiger partial charge in [0.15, 0.2) is 0 Å². The molecule has 1 aromatic rings. The fraction of sp³-hybridized carbons (Fsp3) is 0.556. The number of carbonyl (C=O) groups is 2. The maximum atomic E-state index is 14.2. The van der Waals surface area contributed by atoms with Gasteiger partial charge in [-0.1, -0.05) is 6.07 Å². The van der Waals surface area contributed by atoms with Crippen molar-refractivity contribution in [2.75, 3.05) is 19.7 Å². The number of hydrogen-bond donors (Lipinski definition) is 0. The molecule has 0 radical (unpaired) electrons. The predicted molar refractivity (Wildman–Crippen MR) is 85.6 cm³/mol. The molecule has 0 aliphatic carbocycles. The summed E-state index contributed by atoms with van der Waals surface area (Å²) < 4.78 is 32.5. The Kier molecular flexibility index (Phi) is 5.38. The molecule has 2 rings (SSSR count). The van der Waals surface area contributed by atoms with Crippen molar-refractivity contribution in [2.24, 2.45) is 5.92 Å². The van der Waals surface area contributed by atoms with Crippen LogP contribution >= 0.6 is 0 Å². The van der Waals surface area contributed by atoms with E-state index in [2.05, 4.69) is 0 Å². The van der Waals surface area contributed by atoms with Crippen LogP contribution in [-0.2, 0) is 14.3 Å². The van der Waals surface area contributed by atoms with Crippen molar-refractivity contribution in [2.45, 2.75) is 39.2 Å². The third-order valence-corrected chi connectivity index (χ3v) is 4.92. The van der Waals surface area contributed by atoms with E-state index >= 15 is 0 Å². The summed E-state index contributed by atoms with van der Waals surface area (Å²) in [7, 11) is 0. The second-order valence-electron chi connectivity index (χ2n) is 6.65. The van der Waals surface area contributed by atoms with Crippen LogP contribution in [0.25, 0.3) is 0 Å². The Labute approximate surface area is 140 Å². The molecule has 24 heavy (non-hydrogen) atoms. The van der Waals surface area contributed by atoms with Crippen molar-refractivity contribution in [3.63, 3.8) is 0 Å². The highest BCUT2D eigenvalue weighted by molar-refractivity contribution is 5.85. The monoisotopic (exact) mass is 339 g/mol. The Morgan fingerprint density at radius 3 is 2.50 bits per heavy atom. The number of Topliss-reactive ketones (excluding diaryl/α,β-unsaturated/α-hetero) is 1. The fourth-order valence-corrected chi connectivity index (χ4v) is 3.09. The summed E-state index contributed by atoms with van der Waals surface area (Å²) in [4.78, 5) is 26.1. The number of ether oxygens (including phenoxy) is 1. The van der Waals surface area contributed by atoms with Gasteiger partial charge in [0.2, 0.25) is 0 Å². The highest BCUT2D eigenvalue weighted by Crippen LogP contribution is 2.38. The van der Waals surface area contributed by atoms with Crippen molar-refractivity contribution < 1.29 is 23.1 Å². The molecular formula is C18H23F2NO3. The lowest BCUT2D eigenvalue weighted by molar-refractivity contribution is -0.148. The molecule has 0 saturated carbocycles. The lowest BCUT2D eigenvalue weighted by Crippen LogP contribution is -2.48. The molecule has 1 heterocycles. The van der Waals surface area contributed by atoms with Crippen molar-refractivity contribution in [1.29, 1.82) is 0 Å². The molecule has 1 aliphatic heterocycles. The largest absolute Gasteiger partial charge is 0.466 e. The van der Waals surface area contributed by atoms with E-state index < -0.39 is 35.0 Å². The minimum Gasteiger partial charge on any atom is -0.466 e. The lowest BCUT2D eigenvalue weighted by atomic mass is 9.88. The summed E-state index contributed by atoms with van der Waals surface area (Å²) in [6.45, 7) is 7.61. The quantitative estimate of drug-likeness (QED) is 0.774. The van der Waals surface area contributed by atoms with Crippen molar-refractivity contribution >= 4 is 11.8 Å². The standard InChI is InChI=1S/C18H23F2NO3/c1-5-24-17(23)15-10-21(18(3,4)11(2)22)9-14(15)13-7-6-12(19)8-16(13)20/h6-8,14-15H,5,9-10H2,1-4H3/t14-,15+/m0/s1. The van der Waals surface area contributed by atoms with Crippen LogP contribution < -0.4 is 0 Å². The first kappa shape index (κ1) is 18.5. The molecule has 0 spiro atoms. The molecule has 4 nitrogen and oxygen atoms in total. The summed E-state index contributed by atoms with van der Waals surface area (Å²) in [5, 5.41) is 0. The molecule has 6 heteroatoms. The van der Waals surface area contributed by atoms with Crippen molar-refractivity contribution in [3.05, 3.63) is 35.4 Å². The topological polar surface area (TPSA) is 46.6 Å². The van der Waals surface area contributed by atoms with Crippen LogP contribution in [0.4, 0.5) is 8.78 Å². The summed E-state index contributed by atoms with van der Waals surface area (Å²) >= 11 is 0. The van der Waals surface area contributed by atoms with Crippen LogP contribution in [0.2, 0.25) is 0 Å². The number of halogens is 2. The Hall–Kier alpha value is -1.82. The molecule has 1 aromatic carbocycles. The van der Waals surface area contributed by atoms with Crippen LogP contribution in [-0.4, -0.2) is 41.9 Å². The molecule has 0 bridgehead atoms. The van der Waals surface area contributed by atoms with Gasteiger partial charge in [-0.2, -0.15) is 0 Å². The van der Waals surface area contributed by atoms with E-state index in [1.807, 2.05) is 4.90 Å². The third-order valence-electron chi connectivity index (χ3n) is 4.92. The number of nitrogens with zero attached hydrogens (tertiary/aromatic N) is 1. The van der Waals surface area contributed by atoms with Gasteiger partial charge < -0.3 is 4.74 Å². The van der Waals surface area contributed by atoms with Crippen LogP contribution in [0.3, 0.4) is 0 Å². The third kappa shape index (κ3) is 3.48. The summed E-state index contributed by atoms with van der Waals surface area (Å²) in [5.74, 6) is -2.88. The van der Waals surface area contributed by atoms with Crippen LogP contribution in [0.5, 0.6) is 0 Å².